The second kappa shape index (κ2) is 2.71. The molecule has 1 saturated carbocycles. The molecule has 1 heterocycles. The first-order valence-corrected chi connectivity index (χ1v) is 4.27. The summed E-state index contributed by atoms with van der Waals surface area (Å²) in [6.07, 6.45) is 0.252. The van der Waals surface area contributed by atoms with E-state index in [9.17, 15) is 15.0 Å². The predicted octanol–water partition coefficient (Wildman–Crippen LogP) is -0.566. The summed E-state index contributed by atoms with van der Waals surface area (Å²) in [6, 6.07) is 0. The number of aliphatic hydroxyl groups is 2. The Morgan fingerprint density at radius 3 is 2.75 bits per heavy atom. The van der Waals surface area contributed by atoms with Gasteiger partial charge in [0.25, 0.3) is 0 Å². The number of esters is 1. The highest BCUT2D eigenvalue weighted by atomic mass is 16.6. The molecule has 2 fully saturated rings. The minimum absolute atomic E-state index is 0.179. The van der Waals surface area contributed by atoms with Gasteiger partial charge in [0.05, 0.1) is 6.10 Å². The third-order valence-corrected chi connectivity index (χ3v) is 2.74. The summed E-state index contributed by atoms with van der Waals surface area (Å²) in [5.41, 5.74) is 0. The van der Waals surface area contributed by atoms with Gasteiger partial charge in [-0.05, 0) is 12.8 Å². The van der Waals surface area contributed by atoms with E-state index in [-0.39, 0.29) is 5.92 Å². The van der Waals surface area contributed by atoms with Crippen LogP contribution in [0.1, 0.15) is 19.3 Å². The predicted molar refractivity (Wildman–Crippen MR) is 39.2 cm³/mol. The van der Waals surface area contributed by atoms with Gasteiger partial charge >= 0.3 is 5.97 Å². The Kier molecular flexibility index (Phi) is 1.81. The van der Waals surface area contributed by atoms with Crippen LogP contribution in [0.4, 0.5) is 0 Å². The van der Waals surface area contributed by atoms with Gasteiger partial charge in [0, 0.05) is 5.92 Å². The molecule has 0 aromatic rings. The minimum Gasteiger partial charge on any atom is -0.457 e. The summed E-state index contributed by atoms with van der Waals surface area (Å²) in [4.78, 5) is 10.9. The molecular weight excluding hydrogens is 160 g/mol. The van der Waals surface area contributed by atoms with Gasteiger partial charge < -0.3 is 14.9 Å². The summed E-state index contributed by atoms with van der Waals surface area (Å²) in [5.74, 6) is -0.757. The number of rotatable bonds is 0. The average Bonchev–Trinajstić information content (AvgIpc) is 2.32. The second-order valence-corrected chi connectivity index (χ2v) is 3.51. The lowest BCUT2D eigenvalue weighted by Gasteiger charge is -2.28. The smallest absolute Gasteiger partial charge is 0.335 e. The number of carbonyl (C=O) groups excluding carboxylic acids is 1. The number of hydrogen-bond acceptors (Lipinski definition) is 4. The van der Waals surface area contributed by atoms with Crippen molar-refractivity contribution in [2.75, 3.05) is 0 Å². The Morgan fingerprint density at radius 2 is 2.08 bits per heavy atom. The highest BCUT2D eigenvalue weighted by Gasteiger charge is 2.48. The van der Waals surface area contributed by atoms with Crippen molar-refractivity contribution in [3.05, 3.63) is 0 Å². The summed E-state index contributed by atoms with van der Waals surface area (Å²) in [5, 5.41) is 18.8. The molecule has 2 N–H and O–H groups in total. The molecule has 4 heteroatoms. The van der Waals surface area contributed by atoms with Crippen molar-refractivity contribution in [2.45, 2.75) is 37.6 Å². The van der Waals surface area contributed by atoms with E-state index in [1.54, 1.807) is 0 Å². The van der Waals surface area contributed by atoms with E-state index in [1.165, 1.54) is 0 Å². The van der Waals surface area contributed by atoms with Crippen LogP contribution in [0.25, 0.3) is 0 Å². The number of fused-ring (bicyclic) bond motifs is 1. The monoisotopic (exact) mass is 172 g/mol. The fourth-order valence-corrected chi connectivity index (χ4v) is 2.06. The van der Waals surface area contributed by atoms with Crippen molar-refractivity contribution in [2.24, 2.45) is 5.92 Å². The molecule has 0 amide bonds. The summed E-state index contributed by atoms with van der Waals surface area (Å²) in [7, 11) is 0. The van der Waals surface area contributed by atoms with Crippen LogP contribution in [-0.4, -0.2) is 34.5 Å². The zero-order valence-electron chi connectivity index (χ0n) is 6.64. The maximum absolute atomic E-state index is 10.9. The van der Waals surface area contributed by atoms with Gasteiger partial charge in [0.1, 0.15) is 6.10 Å². The largest absolute Gasteiger partial charge is 0.457 e. The molecule has 0 radical (unpaired) electrons. The van der Waals surface area contributed by atoms with Gasteiger partial charge in [-0.15, -0.1) is 0 Å². The number of hydrogen-bond donors (Lipinski definition) is 2. The van der Waals surface area contributed by atoms with Gasteiger partial charge in [-0.25, -0.2) is 4.79 Å². The van der Waals surface area contributed by atoms with E-state index in [0.717, 1.165) is 12.8 Å². The van der Waals surface area contributed by atoms with E-state index < -0.39 is 24.3 Å². The van der Waals surface area contributed by atoms with E-state index >= 15 is 0 Å². The minimum atomic E-state index is -1.01. The summed E-state index contributed by atoms with van der Waals surface area (Å²) < 4.78 is 4.85. The molecule has 1 aliphatic heterocycles. The van der Waals surface area contributed by atoms with Crippen molar-refractivity contribution in [1.82, 2.24) is 0 Å². The lowest BCUT2D eigenvalue weighted by atomic mass is 9.83. The zero-order chi connectivity index (χ0) is 8.72. The van der Waals surface area contributed by atoms with Gasteiger partial charge in [-0.3, -0.25) is 0 Å². The van der Waals surface area contributed by atoms with E-state index in [0.29, 0.717) is 6.42 Å². The van der Waals surface area contributed by atoms with Crippen LogP contribution in [0, 0.1) is 5.92 Å². The molecule has 12 heavy (non-hydrogen) atoms. The highest BCUT2D eigenvalue weighted by Crippen LogP contribution is 2.35. The van der Waals surface area contributed by atoms with E-state index in [4.69, 9.17) is 4.74 Å². The molecule has 1 saturated heterocycles. The molecule has 0 aromatic carbocycles. The van der Waals surface area contributed by atoms with Crippen LogP contribution in [0.3, 0.4) is 0 Å². The third kappa shape index (κ3) is 1.03. The molecule has 4 unspecified atom stereocenters. The highest BCUT2D eigenvalue weighted by molar-refractivity contribution is 5.77. The first-order valence-electron chi connectivity index (χ1n) is 4.27. The molecule has 0 aromatic heterocycles. The zero-order valence-corrected chi connectivity index (χ0v) is 6.64. The Balaban J connectivity index is 2.16. The number of aliphatic hydroxyl groups excluding tert-OH is 2. The van der Waals surface area contributed by atoms with Crippen molar-refractivity contribution in [1.29, 1.82) is 0 Å². The Labute approximate surface area is 70.1 Å². The third-order valence-electron chi connectivity index (χ3n) is 2.74. The van der Waals surface area contributed by atoms with Crippen LogP contribution in [-0.2, 0) is 9.53 Å². The van der Waals surface area contributed by atoms with Gasteiger partial charge in [-0.1, -0.05) is 6.42 Å². The SMILES string of the molecule is O=C1OC2C(O)CCCC2C1O. The molecule has 0 bridgehead atoms. The Bertz CT molecular complexity index is 203. The Morgan fingerprint density at radius 1 is 1.33 bits per heavy atom. The van der Waals surface area contributed by atoms with Crippen molar-refractivity contribution in [3.63, 3.8) is 0 Å². The molecule has 2 aliphatic rings. The molecular formula is C8H12O4. The molecule has 2 rings (SSSR count). The normalized spacial score (nSPS) is 47.0. The standard InChI is InChI=1S/C8H12O4/c9-5-3-1-2-4-6(10)8(11)12-7(4)5/h4-7,9-10H,1-3H2. The van der Waals surface area contributed by atoms with Crippen molar-refractivity contribution < 1.29 is 19.7 Å². The molecule has 4 nitrogen and oxygen atoms in total. The lowest BCUT2D eigenvalue weighted by molar-refractivity contribution is -0.150. The summed E-state index contributed by atoms with van der Waals surface area (Å²) >= 11 is 0. The lowest BCUT2D eigenvalue weighted by Crippen LogP contribution is -2.37. The quantitative estimate of drug-likeness (QED) is 0.480. The molecule has 68 valence electrons. The van der Waals surface area contributed by atoms with Crippen LogP contribution in [0.15, 0.2) is 0 Å². The molecule has 4 atom stereocenters. The fourth-order valence-electron chi connectivity index (χ4n) is 2.06. The first-order chi connectivity index (χ1) is 5.70. The maximum Gasteiger partial charge on any atom is 0.335 e. The van der Waals surface area contributed by atoms with Crippen LogP contribution < -0.4 is 0 Å². The second-order valence-electron chi connectivity index (χ2n) is 3.51. The maximum atomic E-state index is 10.9. The van der Waals surface area contributed by atoms with E-state index in [2.05, 4.69) is 0 Å². The van der Waals surface area contributed by atoms with Gasteiger partial charge in [0.15, 0.2) is 6.10 Å². The van der Waals surface area contributed by atoms with Crippen molar-refractivity contribution >= 4 is 5.97 Å². The fraction of sp³-hybridized carbons (Fsp3) is 0.875. The number of ether oxygens (including phenoxy) is 1. The Hall–Kier alpha value is -0.610. The average molecular weight is 172 g/mol. The van der Waals surface area contributed by atoms with E-state index in [1.807, 2.05) is 0 Å². The summed E-state index contributed by atoms with van der Waals surface area (Å²) in [6.45, 7) is 0. The first kappa shape index (κ1) is 8.01. The molecule has 0 spiro atoms. The van der Waals surface area contributed by atoms with Crippen molar-refractivity contribution in [3.8, 4) is 0 Å². The molecule has 1 aliphatic carbocycles. The van der Waals surface area contributed by atoms with Crippen LogP contribution >= 0.6 is 0 Å². The van der Waals surface area contributed by atoms with Crippen LogP contribution in [0.5, 0.6) is 0 Å². The van der Waals surface area contributed by atoms with Crippen LogP contribution in [0.2, 0.25) is 0 Å². The van der Waals surface area contributed by atoms with Gasteiger partial charge in [-0.2, -0.15) is 0 Å². The topological polar surface area (TPSA) is 66.8 Å². The number of carbonyl (C=O) groups is 1. The van der Waals surface area contributed by atoms with Gasteiger partial charge in [0.2, 0.25) is 0 Å².